The van der Waals surface area contributed by atoms with Crippen LogP contribution in [0.1, 0.15) is 18.1 Å². The fraction of sp³-hybridized carbons (Fsp3) is 0.200. The highest BCUT2D eigenvalue weighted by atomic mass is 79.9. The smallest absolute Gasteiger partial charge is 0.137 e. The molecule has 0 heterocycles. The standard InChI is InChI=1S/C15H14BrFO/c1-15(18,12-7-3-2-4-8-12)10-11-6-5-9-13(17)14(11)16/h2-9,18H,10H2,1H3. The Kier molecular flexibility index (Phi) is 3.83. The predicted molar refractivity (Wildman–Crippen MR) is 73.8 cm³/mol. The van der Waals surface area contributed by atoms with Crippen molar-refractivity contribution >= 4 is 15.9 Å². The third kappa shape index (κ3) is 2.79. The van der Waals surface area contributed by atoms with E-state index >= 15 is 0 Å². The summed E-state index contributed by atoms with van der Waals surface area (Å²) in [6.45, 7) is 1.74. The van der Waals surface area contributed by atoms with Crippen molar-refractivity contribution in [3.63, 3.8) is 0 Å². The first kappa shape index (κ1) is 13.2. The normalized spacial score (nSPS) is 14.2. The number of hydrogen-bond acceptors (Lipinski definition) is 1. The lowest BCUT2D eigenvalue weighted by atomic mass is 9.89. The molecule has 0 fully saturated rings. The van der Waals surface area contributed by atoms with Crippen LogP contribution in [-0.2, 0) is 12.0 Å². The van der Waals surface area contributed by atoms with Gasteiger partial charge in [0.15, 0.2) is 0 Å². The molecule has 2 aromatic rings. The summed E-state index contributed by atoms with van der Waals surface area (Å²) in [6, 6.07) is 14.2. The number of hydrogen-bond donors (Lipinski definition) is 1. The van der Waals surface area contributed by atoms with Gasteiger partial charge in [0.25, 0.3) is 0 Å². The number of rotatable bonds is 3. The van der Waals surface area contributed by atoms with Crippen LogP contribution in [0.15, 0.2) is 53.0 Å². The van der Waals surface area contributed by atoms with E-state index in [2.05, 4.69) is 15.9 Å². The summed E-state index contributed by atoms with van der Waals surface area (Å²) in [4.78, 5) is 0. The Balaban J connectivity index is 2.31. The van der Waals surface area contributed by atoms with E-state index < -0.39 is 5.60 Å². The molecule has 1 N–H and O–H groups in total. The fourth-order valence-corrected chi connectivity index (χ4v) is 2.36. The average molecular weight is 309 g/mol. The molecule has 0 aliphatic heterocycles. The van der Waals surface area contributed by atoms with E-state index in [1.54, 1.807) is 13.0 Å². The molecule has 2 aromatic carbocycles. The van der Waals surface area contributed by atoms with Gasteiger partial charge in [-0.2, -0.15) is 0 Å². The highest BCUT2D eigenvalue weighted by Gasteiger charge is 2.24. The molecule has 0 saturated heterocycles. The van der Waals surface area contributed by atoms with Crippen LogP contribution in [0.5, 0.6) is 0 Å². The van der Waals surface area contributed by atoms with Crippen molar-refractivity contribution in [1.29, 1.82) is 0 Å². The molecule has 3 heteroatoms. The molecule has 94 valence electrons. The summed E-state index contributed by atoms with van der Waals surface area (Å²) >= 11 is 3.22. The zero-order chi connectivity index (χ0) is 13.2. The molecule has 18 heavy (non-hydrogen) atoms. The molecule has 1 unspecified atom stereocenters. The average Bonchev–Trinajstić information content (AvgIpc) is 2.36. The van der Waals surface area contributed by atoms with Crippen molar-refractivity contribution in [1.82, 2.24) is 0 Å². The molecule has 0 radical (unpaired) electrons. The molecule has 0 saturated carbocycles. The minimum Gasteiger partial charge on any atom is -0.385 e. The van der Waals surface area contributed by atoms with E-state index in [0.29, 0.717) is 10.9 Å². The number of benzene rings is 2. The lowest BCUT2D eigenvalue weighted by molar-refractivity contribution is 0.0574. The molecule has 0 bridgehead atoms. The maximum absolute atomic E-state index is 13.4. The van der Waals surface area contributed by atoms with Crippen molar-refractivity contribution in [2.45, 2.75) is 18.9 Å². The van der Waals surface area contributed by atoms with Crippen LogP contribution in [0.3, 0.4) is 0 Å². The highest BCUT2D eigenvalue weighted by molar-refractivity contribution is 9.10. The summed E-state index contributed by atoms with van der Waals surface area (Å²) in [6.07, 6.45) is 0.357. The third-order valence-corrected chi connectivity index (χ3v) is 3.85. The van der Waals surface area contributed by atoms with Crippen molar-refractivity contribution in [2.75, 3.05) is 0 Å². The minimum absolute atomic E-state index is 0.309. The van der Waals surface area contributed by atoms with Gasteiger partial charge in [-0.05, 0) is 40.0 Å². The summed E-state index contributed by atoms with van der Waals surface area (Å²) in [5.41, 5.74) is 0.558. The maximum Gasteiger partial charge on any atom is 0.137 e. The Morgan fingerprint density at radius 2 is 1.78 bits per heavy atom. The van der Waals surface area contributed by atoms with Gasteiger partial charge >= 0.3 is 0 Å². The predicted octanol–water partition coefficient (Wildman–Crippen LogP) is 4.04. The molecule has 0 spiro atoms. The van der Waals surface area contributed by atoms with Gasteiger partial charge in [-0.25, -0.2) is 4.39 Å². The third-order valence-electron chi connectivity index (χ3n) is 2.96. The molecule has 2 rings (SSSR count). The van der Waals surface area contributed by atoms with Gasteiger partial charge in [0.1, 0.15) is 5.82 Å². The second-order valence-electron chi connectivity index (χ2n) is 4.53. The quantitative estimate of drug-likeness (QED) is 0.907. The molecule has 1 nitrogen and oxygen atoms in total. The maximum atomic E-state index is 13.4. The molecule has 0 amide bonds. The van der Waals surface area contributed by atoms with Gasteiger partial charge in [-0.3, -0.25) is 0 Å². The Hall–Kier alpha value is -1.19. The Labute approximate surface area is 114 Å². The molecular formula is C15H14BrFO. The van der Waals surface area contributed by atoms with Crippen LogP contribution in [0.2, 0.25) is 0 Å². The molecular weight excluding hydrogens is 295 g/mol. The summed E-state index contributed by atoms with van der Waals surface area (Å²) in [7, 11) is 0. The van der Waals surface area contributed by atoms with Gasteiger partial charge in [0.05, 0.1) is 10.1 Å². The summed E-state index contributed by atoms with van der Waals surface area (Å²) < 4.78 is 13.8. The van der Waals surface area contributed by atoms with Crippen LogP contribution in [-0.4, -0.2) is 5.11 Å². The minimum atomic E-state index is -1.02. The Morgan fingerprint density at radius 3 is 2.44 bits per heavy atom. The van der Waals surface area contributed by atoms with Crippen LogP contribution < -0.4 is 0 Å². The second-order valence-corrected chi connectivity index (χ2v) is 5.32. The summed E-state index contributed by atoms with van der Waals surface area (Å²) in [5, 5.41) is 10.5. The van der Waals surface area contributed by atoms with E-state index in [9.17, 15) is 9.50 Å². The van der Waals surface area contributed by atoms with Gasteiger partial charge in [0, 0.05) is 6.42 Å². The first-order valence-corrected chi connectivity index (χ1v) is 6.51. The lowest BCUT2D eigenvalue weighted by Gasteiger charge is -2.24. The fourth-order valence-electron chi connectivity index (χ4n) is 1.96. The SMILES string of the molecule is CC(O)(Cc1cccc(F)c1Br)c1ccccc1. The van der Waals surface area contributed by atoms with Crippen LogP contribution in [0.25, 0.3) is 0 Å². The van der Waals surface area contributed by atoms with Crippen molar-refractivity contribution < 1.29 is 9.50 Å². The molecule has 0 aromatic heterocycles. The van der Waals surface area contributed by atoms with E-state index in [1.165, 1.54) is 6.07 Å². The van der Waals surface area contributed by atoms with E-state index in [0.717, 1.165) is 11.1 Å². The summed E-state index contributed by atoms with van der Waals surface area (Å²) in [5.74, 6) is -0.309. The Bertz CT molecular complexity index is 537. The van der Waals surface area contributed by atoms with Crippen molar-refractivity contribution in [2.24, 2.45) is 0 Å². The van der Waals surface area contributed by atoms with Crippen LogP contribution in [0.4, 0.5) is 4.39 Å². The molecule has 0 aliphatic carbocycles. The first-order chi connectivity index (χ1) is 8.50. The zero-order valence-electron chi connectivity index (χ0n) is 10.0. The van der Waals surface area contributed by atoms with Gasteiger partial charge in [-0.15, -0.1) is 0 Å². The van der Waals surface area contributed by atoms with Gasteiger partial charge in [-0.1, -0.05) is 42.5 Å². The monoisotopic (exact) mass is 308 g/mol. The van der Waals surface area contributed by atoms with Crippen LogP contribution >= 0.6 is 15.9 Å². The number of halogens is 2. The van der Waals surface area contributed by atoms with Gasteiger partial charge in [0.2, 0.25) is 0 Å². The molecule has 1 atom stereocenters. The van der Waals surface area contributed by atoms with E-state index in [4.69, 9.17) is 0 Å². The molecule has 0 aliphatic rings. The zero-order valence-corrected chi connectivity index (χ0v) is 11.6. The largest absolute Gasteiger partial charge is 0.385 e. The van der Waals surface area contributed by atoms with Crippen LogP contribution in [0, 0.1) is 5.82 Å². The topological polar surface area (TPSA) is 20.2 Å². The van der Waals surface area contributed by atoms with Crippen molar-refractivity contribution in [3.8, 4) is 0 Å². The second kappa shape index (κ2) is 5.21. The van der Waals surface area contributed by atoms with E-state index in [1.807, 2.05) is 36.4 Å². The Morgan fingerprint density at radius 1 is 1.11 bits per heavy atom. The highest BCUT2D eigenvalue weighted by Crippen LogP contribution is 2.29. The van der Waals surface area contributed by atoms with Gasteiger partial charge < -0.3 is 5.11 Å². The van der Waals surface area contributed by atoms with E-state index in [-0.39, 0.29) is 5.82 Å². The van der Waals surface area contributed by atoms with Crippen molar-refractivity contribution in [3.05, 3.63) is 69.9 Å². The first-order valence-electron chi connectivity index (χ1n) is 5.71. The lowest BCUT2D eigenvalue weighted by Crippen LogP contribution is -2.24. The number of aliphatic hydroxyl groups is 1.